The normalized spacial score (nSPS) is 16.4. The summed E-state index contributed by atoms with van der Waals surface area (Å²) in [5.74, 6) is 0.00928. The molecule has 94 valence electrons. The molecule has 1 aromatic rings. The van der Waals surface area contributed by atoms with Gasteiger partial charge in [-0.05, 0) is 32.0 Å². The van der Waals surface area contributed by atoms with E-state index >= 15 is 0 Å². The van der Waals surface area contributed by atoms with E-state index < -0.39 is 0 Å². The highest BCUT2D eigenvalue weighted by Gasteiger charge is 2.14. The molecule has 0 bridgehead atoms. The van der Waals surface area contributed by atoms with E-state index in [0.717, 1.165) is 26.2 Å². The van der Waals surface area contributed by atoms with Crippen molar-refractivity contribution in [1.82, 2.24) is 9.88 Å². The maximum absolute atomic E-state index is 13.6. The molecule has 0 atom stereocenters. The van der Waals surface area contributed by atoms with Gasteiger partial charge < -0.3 is 9.80 Å². The summed E-state index contributed by atoms with van der Waals surface area (Å²) in [4.78, 5) is 8.25. The minimum absolute atomic E-state index is 0.333. The van der Waals surface area contributed by atoms with Crippen molar-refractivity contribution in [2.45, 2.75) is 12.8 Å². The zero-order valence-electron chi connectivity index (χ0n) is 9.99. The predicted molar refractivity (Wildman–Crippen MR) is 68.1 cm³/mol. The Morgan fingerprint density at radius 3 is 2.82 bits per heavy atom. The average molecular weight is 258 g/mol. The van der Waals surface area contributed by atoms with Crippen LogP contribution in [0.4, 0.5) is 10.2 Å². The first-order chi connectivity index (χ1) is 8.16. The summed E-state index contributed by atoms with van der Waals surface area (Å²) in [7, 11) is 1.86. The van der Waals surface area contributed by atoms with Gasteiger partial charge in [-0.2, -0.15) is 0 Å². The lowest BCUT2D eigenvalue weighted by Crippen LogP contribution is -2.32. The summed E-state index contributed by atoms with van der Waals surface area (Å²) in [6, 6.07) is 1.30. The summed E-state index contributed by atoms with van der Waals surface area (Å²) in [6.07, 6.45) is 4.03. The minimum atomic E-state index is -0.360. The summed E-state index contributed by atoms with van der Waals surface area (Å²) in [6.45, 7) is 4.06. The monoisotopic (exact) mass is 257 g/mol. The van der Waals surface area contributed by atoms with Gasteiger partial charge in [-0.25, -0.2) is 9.37 Å². The van der Waals surface area contributed by atoms with Crippen molar-refractivity contribution in [1.29, 1.82) is 0 Å². The first-order valence-electron chi connectivity index (χ1n) is 5.91. The molecule has 1 aliphatic heterocycles. The van der Waals surface area contributed by atoms with Gasteiger partial charge in [0.15, 0.2) is 11.6 Å². The van der Waals surface area contributed by atoms with Crippen LogP contribution in [0.2, 0.25) is 5.02 Å². The van der Waals surface area contributed by atoms with Crippen LogP contribution in [-0.4, -0.2) is 43.1 Å². The second-order valence-electron chi connectivity index (χ2n) is 4.43. The third-order valence-corrected chi connectivity index (χ3v) is 3.31. The fraction of sp³-hybridized carbons (Fsp3) is 0.583. The maximum Gasteiger partial charge on any atom is 0.167 e. The van der Waals surface area contributed by atoms with Gasteiger partial charge in [0.25, 0.3) is 0 Å². The van der Waals surface area contributed by atoms with Gasteiger partial charge in [0.05, 0.1) is 5.02 Å². The number of hydrogen-bond donors (Lipinski definition) is 0. The number of likely N-dealkylation sites (N-methyl/N-ethyl adjacent to an activating group) is 1. The SMILES string of the molecule is CN(CCN1CCCC1)c1ncc(Cl)cc1F. The number of anilines is 1. The Balaban J connectivity index is 1.91. The van der Waals surface area contributed by atoms with E-state index in [-0.39, 0.29) is 5.82 Å². The van der Waals surface area contributed by atoms with Crippen LogP contribution in [-0.2, 0) is 0 Å². The molecule has 0 radical (unpaired) electrons. The van der Waals surface area contributed by atoms with Crippen LogP contribution >= 0.6 is 11.6 Å². The Kier molecular flexibility index (Phi) is 4.18. The van der Waals surface area contributed by atoms with Crippen LogP contribution < -0.4 is 4.90 Å². The summed E-state index contributed by atoms with van der Waals surface area (Å²) < 4.78 is 13.6. The second kappa shape index (κ2) is 5.65. The van der Waals surface area contributed by atoms with E-state index in [1.807, 2.05) is 11.9 Å². The zero-order valence-corrected chi connectivity index (χ0v) is 10.8. The third-order valence-electron chi connectivity index (χ3n) is 3.10. The van der Waals surface area contributed by atoms with Crippen molar-refractivity contribution in [3.05, 3.63) is 23.1 Å². The minimum Gasteiger partial charge on any atom is -0.356 e. The van der Waals surface area contributed by atoms with Crippen molar-refractivity contribution in [2.75, 3.05) is 38.1 Å². The van der Waals surface area contributed by atoms with Crippen molar-refractivity contribution in [3.8, 4) is 0 Å². The molecule has 1 fully saturated rings. The molecule has 0 N–H and O–H groups in total. The number of likely N-dealkylation sites (tertiary alicyclic amines) is 1. The summed E-state index contributed by atoms with van der Waals surface area (Å²) in [5.41, 5.74) is 0. The van der Waals surface area contributed by atoms with Crippen molar-refractivity contribution in [3.63, 3.8) is 0 Å². The number of halogens is 2. The molecule has 0 amide bonds. The Hall–Kier alpha value is -0.870. The summed E-state index contributed by atoms with van der Waals surface area (Å²) >= 11 is 5.67. The second-order valence-corrected chi connectivity index (χ2v) is 4.87. The Morgan fingerprint density at radius 1 is 1.47 bits per heavy atom. The van der Waals surface area contributed by atoms with Crippen LogP contribution in [0.15, 0.2) is 12.3 Å². The van der Waals surface area contributed by atoms with Gasteiger partial charge in [0.2, 0.25) is 0 Å². The number of aromatic nitrogens is 1. The Bertz CT molecular complexity index is 380. The lowest BCUT2D eigenvalue weighted by Gasteiger charge is -2.22. The van der Waals surface area contributed by atoms with Crippen LogP contribution in [0.25, 0.3) is 0 Å². The van der Waals surface area contributed by atoms with Gasteiger partial charge in [0.1, 0.15) is 0 Å². The van der Waals surface area contributed by atoms with Gasteiger partial charge in [-0.3, -0.25) is 0 Å². The first-order valence-corrected chi connectivity index (χ1v) is 6.29. The van der Waals surface area contributed by atoms with E-state index in [1.165, 1.54) is 25.1 Å². The van der Waals surface area contributed by atoms with E-state index in [1.54, 1.807) is 0 Å². The van der Waals surface area contributed by atoms with E-state index in [2.05, 4.69) is 9.88 Å². The molecular weight excluding hydrogens is 241 g/mol. The lowest BCUT2D eigenvalue weighted by molar-refractivity contribution is 0.346. The fourth-order valence-electron chi connectivity index (χ4n) is 2.09. The van der Waals surface area contributed by atoms with Gasteiger partial charge in [0, 0.05) is 26.3 Å². The smallest absolute Gasteiger partial charge is 0.167 e. The molecule has 17 heavy (non-hydrogen) atoms. The summed E-state index contributed by atoms with van der Waals surface area (Å²) in [5, 5.41) is 0.333. The molecule has 5 heteroatoms. The zero-order chi connectivity index (χ0) is 12.3. The van der Waals surface area contributed by atoms with Gasteiger partial charge in [-0.1, -0.05) is 11.6 Å². The number of pyridine rings is 1. The Labute approximate surface area is 106 Å². The van der Waals surface area contributed by atoms with Crippen LogP contribution in [0, 0.1) is 5.82 Å². The third kappa shape index (κ3) is 3.30. The predicted octanol–water partition coefficient (Wildman–Crippen LogP) is 2.41. The molecule has 1 aromatic heterocycles. The number of nitrogens with zero attached hydrogens (tertiary/aromatic N) is 3. The van der Waals surface area contributed by atoms with Crippen molar-refractivity contribution >= 4 is 17.4 Å². The van der Waals surface area contributed by atoms with Crippen LogP contribution in [0.3, 0.4) is 0 Å². The van der Waals surface area contributed by atoms with Crippen LogP contribution in [0.1, 0.15) is 12.8 Å². The highest BCUT2D eigenvalue weighted by atomic mass is 35.5. The largest absolute Gasteiger partial charge is 0.356 e. The molecule has 0 saturated carbocycles. The van der Waals surface area contributed by atoms with Gasteiger partial charge >= 0.3 is 0 Å². The fourth-order valence-corrected chi connectivity index (χ4v) is 2.24. The average Bonchev–Trinajstić information content (AvgIpc) is 2.78. The maximum atomic E-state index is 13.6. The van der Waals surface area contributed by atoms with Crippen molar-refractivity contribution in [2.24, 2.45) is 0 Å². The molecule has 1 saturated heterocycles. The number of hydrogen-bond acceptors (Lipinski definition) is 3. The molecule has 1 aliphatic rings. The highest BCUT2D eigenvalue weighted by molar-refractivity contribution is 6.30. The van der Waals surface area contributed by atoms with E-state index in [0.29, 0.717) is 10.8 Å². The van der Waals surface area contributed by atoms with Crippen molar-refractivity contribution < 1.29 is 4.39 Å². The van der Waals surface area contributed by atoms with E-state index in [4.69, 9.17) is 11.6 Å². The highest BCUT2D eigenvalue weighted by Crippen LogP contribution is 2.18. The number of rotatable bonds is 4. The topological polar surface area (TPSA) is 19.4 Å². The van der Waals surface area contributed by atoms with E-state index in [9.17, 15) is 4.39 Å². The quantitative estimate of drug-likeness (QED) is 0.826. The lowest BCUT2D eigenvalue weighted by atomic mass is 10.4. The van der Waals surface area contributed by atoms with Crippen LogP contribution in [0.5, 0.6) is 0 Å². The first kappa shape index (κ1) is 12.6. The molecule has 2 heterocycles. The molecule has 2 rings (SSSR count). The van der Waals surface area contributed by atoms with Gasteiger partial charge in [-0.15, -0.1) is 0 Å². The molecular formula is C12H17ClFN3. The molecule has 3 nitrogen and oxygen atoms in total. The molecule has 0 aromatic carbocycles. The molecule has 0 unspecified atom stereocenters. The Morgan fingerprint density at radius 2 is 2.18 bits per heavy atom. The standard InChI is InChI=1S/C12H17ClFN3/c1-16(6-7-17-4-2-3-5-17)12-11(14)8-10(13)9-15-12/h8-9H,2-7H2,1H3. The molecule has 0 spiro atoms. The molecule has 0 aliphatic carbocycles.